The largest absolute Gasteiger partial charge is 0.462 e. The second kappa shape index (κ2) is 48.7. The van der Waals surface area contributed by atoms with Crippen molar-refractivity contribution >= 4 is 17.9 Å². The zero-order valence-corrected chi connectivity index (χ0v) is 39.1. The lowest BCUT2D eigenvalue weighted by molar-refractivity contribution is -0.167. The number of unbranched alkanes of at least 4 members (excludes halogenated alkanes) is 19. The number of hydrogen-bond donors (Lipinski definition) is 0. The summed E-state index contributed by atoms with van der Waals surface area (Å²) < 4.78 is 16.7. The molecule has 0 fully saturated rings. The van der Waals surface area contributed by atoms with Crippen LogP contribution in [0.25, 0.3) is 0 Å². The highest BCUT2D eigenvalue weighted by Crippen LogP contribution is 2.13. The number of allylic oxidation sites excluding steroid dienone is 18. The smallest absolute Gasteiger partial charge is 0.306 e. The molecule has 0 aromatic heterocycles. The summed E-state index contributed by atoms with van der Waals surface area (Å²) in [5, 5.41) is 0. The quantitative estimate of drug-likeness (QED) is 0.0200. The second-order valence-electron chi connectivity index (χ2n) is 15.8. The third-order valence-corrected chi connectivity index (χ3v) is 9.93. The predicted octanol–water partition coefficient (Wildman–Crippen LogP) is 16.0. The summed E-state index contributed by atoms with van der Waals surface area (Å²) in [6.45, 7) is 6.25. The average molecular weight is 845 g/mol. The van der Waals surface area contributed by atoms with E-state index in [-0.39, 0.29) is 31.6 Å². The van der Waals surface area contributed by atoms with E-state index >= 15 is 0 Å². The maximum Gasteiger partial charge on any atom is 0.306 e. The van der Waals surface area contributed by atoms with Crippen molar-refractivity contribution in [3.8, 4) is 0 Å². The molecule has 0 radical (unpaired) electrons. The van der Waals surface area contributed by atoms with Crippen LogP contribution in [0.5, 0.6) is 0 Å². The van der Waals surface area contributed by atoms with E-state index in [1.54, 1.807) is 0 Å². The van der Waals surface area contributed by atoms with Gasteiger partial charge in [-0.25, -0.2) is 0 Å². The molecule has 0 aromatic rings. The van der Waals surface area contributed by atoms with E-state index in [1.807, 2.05) is 60.8 Å². The molecule has 0 rings (SSSR count). The second-order valence-corrected chi connectivity index (χ2v) is 15.8. The first kappa shape index (κ1) is 57.1. The Kier molecular flexibility index (Phi) is 45.6. The maximum absolute atomic E-state index is 12.7. The molecule has 0 aromatic carbocycles. The fourth-order valence-electron chi connectivity index (χ4n) is 6.29. The molecule has 61 heavy (non-hydrogen) atoms. The van der Waals surface area contributed by atoms with Crippen molar-refractivity contribution in [2.75, 3.05) is 13.2 Å². The highest BCUT2D eigenvalue weighted by atomic mass is 16.6. The van der Waals surface area contributed by atoms with Crippen molar-refractivity contribution in [3.63, 3.8) is 0 Å². The van der Waals surface area contributed by atoms with Gasteiger partial charge >= 0.3 is 17.9 Å². The van der Waals surface area contributed by atoms with Crippen molar-refractivity contribution in [3.05, 3.63) is 109 Å². The van der Waals surface area contributed by atoms with Crippen LogP contribution in [0.15, 0.2) is 109 Å². The first-order valence-electron chi connectivity index (χ1n) is 24.5. The number of carbonyl (C=O) groups is 3. The van der Waals surface area contributed by atoms with Crippen LogP contribution >= 0.6 is 0 Å². The molecule has 0 aliphatic heterocycles. The van der Waals surface area contributed by atoms with Gasteiger partial charge in [-0.15, -0.1) is 0 Å². The Hall–Kier alpha value is -3.93. The molecule has 0 bridgehead atoms. The van der Waals surface area contributed by atoms with Crippen LogP contribution in [-0.2, 0) is 28.6 Å². The lowest BCUT2D eigenvalue weighted by Gasteiger charge is -2.18. The van der Waals surface area contributed by atoms with Gasteiger partial charge in [0, 0.05) is 19.3 Å². The zero-order chi connectivity index (χ0) is 44.4. The van der Waals surface area contributed by atoms with Gasteiger partial charge in [0.05, 0.1) is 0 Å². The lowest BCUT2D eigenvalue weighted by atomic mass is 10.1. The van der Waals surface area contributed by atoms with Crippen LogP contribution in [-0.4, -0.2) is 37.2 Å². The summed E-state index contributed by atoms with van der Waals surface area (Å²) in [6, 6.07) is 0. The minimum Gasteiger partial charge on any atom is -0.462 e. The standard InChI is InChI=1S/C55H88O6/c1-4-7-10-13-16-19-22-25-26-27-28-31-33-36-39-42-45-48-54(57)60-51-52(61-55(58)49-46-43-40-37-34-30-24-21-18-15-12-9-6-3)50-59-53(56)47-44-41-38-35-32-29-23-20-17-14-11-8-5-2/h8-9,11-12,14-15,17-18,20-21,23-26,30,34,37,40,52H,4-7,10,13,16,19,22,27-29,31-33,35-36,38-39,41-51H2,1-3H3/b11-8-,12-9-,17-14-,18-15-,23-20-,24-21-,26-25-,34-30-,40-37-. The summed E-state index contributed by atoms with van der Waals surface area (Å²) >= 11 is 0. The van der Waals surface area contributed by atoms with E-state index in [1.165, 1.54) is 77.0 Å². The molecule has 0 spiro atoms. The van der Waals surface area contributed by atoms with Gasteiger partial charge < -0.3 is 14.2 Å². The molecule has 0 saturated heterocycles. The van der Waals surface area contributed by atoms with Crippen LogP contribution in [0.4, 0.5) is 0 Å². The van der Waals surface area contributed by atoms with Crippen LogP contribution in [0, 0.1) is 0 Å². The Morgan fingerprint density at radius 1 is 0.344 bits per heavy atom. The molecule has 0 saturated carbocycles. The van der Waals surface area contributed by atoms with Crippen molar-refractivity contribution in [1.82, 2.24) is 0 Å². The maximum atomic E-state index is 12.7. The van der Waals surface area contributed by atoms with E-state index in [0.29, 0.717) is 19.3 Å². The molecule has 6 heteroatoms. The monoisotopic (exact) mass is 845 g/mol. The van der Waals surface area contributed by atoms with E-state index in [9.17, 15) is 14.4 Å². The van der Waals surface area contributed by atoms with Crippen LogP contribution in [0.1, 0.15) is 201 Å². The molecular weight excluding hydrogens is 757 g/mol. The van der Waals surface area contributed by atoms with Crippen LogP contribution < -0.4 is 0 Å². The summed E-state index contributed by atoms with van der Waals surface area (Å²) in [7, 11) is 0. The van der Waals surface area contributed by atoms with Crippen molar-refractivity contribution in [2.45, 2.75) is 207 Å². The Morgan fingerprint density at radius 2 is 0.672 bits per heavy atom. The normalized spacial score (nSPS) is 13.0. The number of esters is 3. The lowest BCUT2D eigenvalue weighted by Crippen LogP contribution is -2.30. The van der Waals surface area contributed by atoms with E-state index < -0.39 is 12.1 Å². The molecule has 1 atom stereocenters. The SMILES string of the molecule is CC\C=C/C=C\C=C/C=C\C=C/CCCC(=O)OC(COC(=O)CCCCCCC\C=C/C=C\C=C/CC)COC(=O)CCCCCCCCC/C=C\CCCCCCCC. The van der Waals surface area contributed by atoms with E-state index in [4.69, 9.17) is 14.2 Å². The summed E-state index contributed by atoms with van der Waals surface area (Å²) in [4.78, 5) is 37.9. The molecule has 0 N–H and O–H groups in total. The number of ether oxygens (including phenoxy) is 3. The number of hydrogen-bond acceptors (Lipinski definition) is 6. The van der Waals surface area contributed by atoms with Gasteiger partial charge in [0.25, 0.3) is 0 Å². The van der Waals surface area contributed by atoms with Crippen LogP contribution in [0.2, 0.25) is 0 Å². The Morgan fingerprint density at radius 3 is 1.10 bits per heavy atom. The first-order chi connectivity index (χ1) is 30.0. The molecule has 344 valence electrons. The minimum atomic E-state index is -0.826. The van der Waals surface area contributed by atoms with Gasteiger partial charge in [0.2, 0.25) is 0 Å². The van der Waals surface area contributed by atoms with E-state index in [0.717, 1.165) is 77.0 Å². The minimum absolute atomic E-state index is 0.118. The van der Waals surface area contributed by atoms with Crippen molar-refractivity contribution in [2.24, 2.45) is 0 Å². The molecule has 0 aliphatic rings. The molecule has 1 unspecified atom stereocenters. The van der Waals surface area contributed by atoms with Gasteiger partial charge in [-0.1, -0.05) is 214 Å². The predicted molar refractivity (Wildman–Crippen MR) is 260 cm³/mol. The van der Waals surface area contributed by atoms with Gasteiger partial charge in [0.1, 0.15) is 13.2 Å². The Bertz CT molecular complexity index is 1290. The van der Waals surface area contributed by atoms with Gasteiger partial charge in [0.15, 0.2) is 6.10 Å². The number of rotatable bonds is 42. The highest BCUT2D eigenvalue weighted by molar-refractivity contribution is 5.71. The third kappa shape index (κ3) is 47.0. The fraction of sp³-hybridized carbons (Fsp3) is 0.618. The van der Waals surface area contributed by atoms with Crippen molar-refractivity contribution < 1.29 is 28.6 Å². The van der Waals surface area contributed by atoms with Gasteiger partial charge in [-0.2, -0.15) is 0 Å². The number of carbonyl (C=O) groups excluding carboxylic acids is 3. The van der Waals surface area contributed by atoms with Gasteiger partial charge in [-0.05, 0) is 77.0 Å². The molecular formula is C55H88O6. The average Bonchev–Trinajstić information content (AvgIpc) is 3.26. The summed E-state index contributed by atoms with van der Waals surface area (Å²) in [5.74, 6) is -1.03. The Balaban J connectivity index is 4.51. The third-order valence-electron chi connectivity index (χ3n) is 9.93. The van der Waals surface area contributed by atoms with Crippen molar-refractivity contribution in [1.29, 1.82) is 0 Å². The van der Waals surface area contributed by atoms with E-state index in [2.05, 4.69) is 69.4 Å². The summed E-state index contributed by atoms with van der Waals surface area (Å²) in [6.07, 6.45) is 65.1. The topological polar surface area (TPSA) is 78.9 Å². The zero-order valence-electron chi connectivity index (χ0n) is 39.1. The molecule has 0 aliphatic carbocycles. The first-order valence-corrected chi connectivity index (χ1v) is 24.5. The molecule has 0 heterocycles. The van der Waals surface area contributed by atoms with Gasteiger partial charge in [-0.3, -0.25) is 14.4 Å². The molecule has 0 amide bonds. The molecule has 6 nitrogen and oxygen atoms in total. The summed E-state index contributed by atoms with van der Waals surface area (Å²) in [5.41, 5.74) is 0. The highest BCUT2D eigenvalue weighted by Gasteiger charge is 2.19. The Labute approximate surface area is 374 Å². The van der Waals surface area contributed by atoms with Crippen LogP contribution in [0.3, 0.4) is 0 Å². The fourth-order valence-corrected chi connectivity index (χ4v) is 6.29.